The molecule has 3 atom stereocenters. The van der Waals surface area contributed by atoms with Crippen molar-refractivity contribution in [2.24, 2.45) is 5.92 Å². The quantitative estimate of drug-likeness (QED) is 0.842. The van der Waals surface area contributed by atoms with Crippen molar-refractivity contribution >= 4 is 5.97 Å². The summed E-state index contributed by atoms with van der Waals surface area (Å²) in [7, 11) is 0. The second-order valence-corrected chi connectivity index (χ2v) is 5.36. The molecule has 1 aliphatic rings. The summed E-state index contributed by atoms with van der Waals surface area (Å²) in [4.78, 5) is 13.5. The van der Waals surface area contributed by atoms with Crippen LogP contribution < -0.4 is 0 Å². The molecular formula is C16H23NO4. The Bertz CT molecular complexity index is 491. The van der Waals surface area contributed by atoms with Gasteiger partial charge in [0, 0.05) is 17.6 Å². The number of hydrogen-bond donors (Lipinski definition) is 2. The van der Waals surface area contributed by atoms with Crippen LogP contribution in [0.25, 0.3) is 0 Å². The number of nitrogens with zero attached hydrogens (tertiary/aromatic N) is 1. The Balaban J connectivity index is 2.30. The molecule has 2 N–H and O–H groups in total. The van der Waals surface area contributed by atoms with Crippen molar-refractivity contribution in [2.45, 2.75) is 32.4 Å². The maximum atomic E-state index is 11.4. The topological polar surface area (TPSA) is 70.0 Å². The summed E-state index contributed by atoms with van der Waals surface area (Å²) in [6.45, 7) is 5.46. The number of carbonyl (C=O) groups is 1. The molecule has 21 heavy (non-hydrogen) atoms. The first-order valence-corrected chi connectivity index (χ1v) is 7.44. The van der Waals surface area contributed by atoms with Crippen LogP contribution in [0.1, 0.15) is 31.9 Å². The van der Waals surface area contributed by atoms with Crippen molar-refractivity contribution in [2.75, 3.05) is 19.8 Å². The summed E-state index contributed by atoms with van der Waals surface area (Å²) in [5, 5.41) is 19.5. The van der Waals surface area contributed by atoms with E-state index in [-0.39, 0.29) is 24.4 Å². The molecule has 0 aliphatic carbocycles. The number of benzene rings is 1. The number of phenolic OH excluding ortho intramolecular Hbond substituents is 1. The van der Waals surface area contributed by atoms with Gasteiger partial charge < -0.3 is 14.9 Å². The van der Waals surface area contributed by atoms with Crippen molar-refractivity contribution in [1.82, 2.24) is 4.90 Å². The molecule has 2 rings (SSSR count). The third-order valence-electron chi connectivity index (χ3n) is 4.24. The molecule has 1 fully saturated rings. The lowest BCUT2D eigenvalue weighted by Gasteiger charge is -2.36. The number of ether oxygens (including phenoxy) is 1. The summed E-state index contributed by atoms with van der Waals surface area (Å²) in [5.41, 5.74) is 0.845. The summed E-state index contributed by atoms with van der Waals surface area (Å²) >= 11 is 0. The fourth-order valence-electron chi connectivity index (χ4n) is 3.19. The minimum atomic E-state index is -0.817. The lowest BCUT2D eigenvalue weighted by Crippen LogP contribution is -2.45. The molecule has 0 radical (unpaired) electrons. The maximum Gasteiger partial charge on any atom is 0.310 e. The molecule has 3 unspecified atom stereocenters. The van der Waals surface area contributed by atoms with E-state index >= 15 is 0 Å². The third-order valence-corrected chi connectivity index (χ3v) is 4.24. The fourth-order valence-corrected chi connectivity index (χ4v) is 3.19. The molecule has 0 bridgehead atoms. The molecule has 5 heteroatoms. The highest BCUT2D eigenvalue weighted by molar-refractivity contribution is 5.71. The van der Waals surface area contributed by atoms with Gasteiger partial charge in [-0.15, -0.1) is 0 Å². The normalized spacial score (nSPS) is 23.4. The van der Waals surface area contributed by atoms with Gasteiger partial charge in [-0.05, 0) is 19.0 Å². The second-order valence-electron chi connectivity index (χ2n) is 5.36. The van der Waals surface area contributed by atoms with E-state index in [9.17, 15) is 15.0 Å². The lowest BCUT2D eigenvalue weighted by molar-refractivity contribution is -0.143. The van der Waals surface area contributed by atoms with Gasteiger partial charge in [-0.3, -0.25) is 9.69 Å². The van der Waals surface area contributed by atoms with Gasteiger partial charge in [-0.1, -0.05) is 32.0 Å². The molecule has 0 aromatic heterocycles. The fraction of sp³-hybridized carbons (Fsp3) is 0.562. The van der Waals surface area contributed by atoms with Crippen LogP contribution in [0.5, 0.6) is 5.75 Å². The Labute approximate surface area is 125 Å². The molecule has 1 heterocycles. The smallest absolute Gasteiger partial charge is 0.310 e. The molecule has 1 aliphatic heterocycles. The SMILES string of the molecule is CCC(c1ccccc1O)N(CC)C1COCC1C(=O)O. The second kappa shape index (κ2) is 6.91. The zero-order chi connectivity index (χ0) is 15.4. The summed E-state index contributed by atoms with van der Waals surface area (Å²) in [6, 6.07) is 7.09. The number of para-hydroxylation sites is 1. The molecular weight excluding hydrogens is 270 g/mol. The average Bonchev–Trinajstić information content (AvgIpc) is 2.95. The van der Waals surface area contributed by atoms with Crippen LogP contribution in [-0.2, 0) is 9.53 Å². The number of carboxylic acid groups (broad SMARTS) is 1. The standard InChI is InChI=1S/C16H23NO4/c1-3-13(11-7-5-6-8-15(11)18)17(4-2)14-10-21-9-12(14)16(19)20/h5-8,12-14,18H,3-4,9-10H2,1-2H3,(H,19,20). The van der Waals surface area contributed by atoms with Crippen molar-refractivity contribution in [1.29, 1.82) is 0 Å². The highest BCUT2D eigenvalue weighted by atomic mass is 16.5. The van der Waals surface area contributed by atoms with E-state index in [2.05, 4.69) is 4.90 Å². The number of hydrogen-bond acceptors (Lipinski definition) is 4. The largest absolute Gasteiger partial charge is 0.508 e. The first kappa shape index (κ1) is 15.8. The zero-order valence-electron chi connectivity index (χ0n) is 12.5. The van der Waals surface area contributed by atoms with E-state index in [1.807, 2.05) is 26.0 Å². The molecule has 1 aromatic carbocycles. The number of carboxylic acids is 1. The first-order valence-electron chi connectivity index (χ1n) is 7.44. The van der Waals surface area contributed by atoms with Crippen LogP contribution in [0.3, 0.4) is 0 Å². The highest BCUT2D eigenvalue weighted by Crippen LogP contribution is 2.35. The highest BCUT2D eigenvalue weighted by Gasteiger charge is 2.40. The molecule has 1 aromatic rings. The van der Waals surface area contributed by atoms with E-state index in [1.165, 1.54) is 0 Å². The van der Waals surface area contributed by atoms with Gasteiger partial charge in [0.05, 0.1) is 19.1 Å². The lowest BCUT2D eigenvalue weighted by atomic mass is 9.95. The van der Waals surface area contributed by atoms with Crippen LogP contribution in [-0.4, -0.2) is 46.9 Å². The van der Waals surface area contributed by atoms with Gasteiger partial charge in [-0.25, -0.2) is 0 Å². The van der Waals surface area contributed by atoms with Crippen molar-refractivity contribution in [3.63, 3.8) is 0 Å². The number of likely N-dealkylation sites (N-methyl/N-ethyl adjacent to an activating group) is 1. The summed E-state index contributed by atoms with van der Waals surface area (Å²) in [5.74, 6) is -1.07. The van der Waals surface area contributed by atoms with E-state index < -0.39 is 11.9 Å². The number of rotatable bonds is 6. The summed E-state index contributed by atoms with van der Waals surface area (Å²) < 4.78 is 5.39. The van der Waals surface area contributed by atoms with Crippen LogP contribution in [0, 0.1) is 5.92 Å². The van der Waals surface area contributed by atoms with Gasteiger partial charge in [-0.2, -0.15) is 0 Å². The van der Waals surface area contributed by atoms with E-state index in [1.54, 1.807) is 12.1 Å². The Morgan fingerprint density at radius 2 is 2.10 bits per heavy atom. The van der Waals surface area contributed by atoms with Crippen molar-refractivity contribution in [3.05, 3.63) is 29.8 Å². The number of aromatic hydroxyl groups is 1. The van der Waals surface area contributed by atoms with Gasteiger partial charge in [0.15, 0.2) is 0 Å². The first-order chi connectivity index (χ1) is 10.1. The van der Waals surface area contributed by atoms with E-state index in [4.69, 9.17) is 4.74 Å². The van der Waals surface area contributed by atoms with Crippen LogP contribution in [0.15, 0.2) is 24.3 Å². The van der Waals surface area contributed by atoms with E-state index in [0.29, 0.717) is 13.2 Å². The predicted molar refractivity (Wildman–Crippen MR) is 79.3 cm³/mol. The Kier molecular flexibility index (Phi) is 5.20. The average molecular weight is 293 g/mol. The minimum Gasteiger partial charge on any atom is -0.508 e. The van der Waals surface area contributed by atoms with Crippen molar-refractivity contribution < 1.29 is 19.7 Å². The number of phenols is 1. The molecule has 116 valence electrons. The van der Waals surface area contributed by atoms with Gasteiger partial charge in [0.1, 0.15) is 5.75 Å². The van der Waals surface area contributed by atoms with Gasteiger partial charge in [0.2, 0.25) is 0 Å². The molecule has 1 saturated heterocycles. The molecule has 0 saturated carbocycles. The Morgan fingerprint density at radius 3 is 2.67 bits per heavy atom. The summed E-state index contributed by atoms with van der Waals surface area (Å²) in [6.07, 6.45) is 0.800. The number of aliphatic carboxylic acids is 1. The Hall–Kier alpha value is -1.59. The maximum absolute atomic E-state index is 11.4. The van der Waals surface area contributed by atoms with Crippen LogP contribution in [0.2, 0.25) is 0 Å². The van der Waals surface area contributed by atoms with Gasteiger partial charge in [0.25, 0.3) is 0 Å². The predicted octanol–water partition coefficient (Wildman–Crippen LogP) is 2.26. The van der Waals surface area contributed by atoms with Crippen molar-refractivity contribution in [3.8, 4) is 5.75 Å². The molecule has 5 nitrogen and oxygen atoms in total. The zero-order valence-corrected chi connectivity index (χ0v) is 12.5. The molecule has 0 spiro atoms. The monoisotopic (exact) mass is 293 g/mol. The molecule has 0 amide bonds. The van der Waals surface area contributed by atoms with Crippen LogP contribution >= 0.6 is 0 Å². The van der Waals surface area contributed by atoms with E-state index in [0.717, 1.165) is 12.0 Å². The van der Waals surface area contributed by atoms with Crippen LogP contribution in [0.4, 0.5) is 0 Å². The van der Waals surface area contributed by atoms with Gasteiger partial charge >= 0.3 is 5.97 Å². The third kappa shape index (κ3) is 3.19. The Morgan fingerprint density at radius 1 is 1.38 bits per heavy atom. The minimum absolute atomic E-state index is 0.00949.